The van der Waals surface area contributed by atoms with E-state index in [1.54, 1.807) is 6.07 Å². The van der Waals surface area contributed by atoms with E-state index in [9.17, 15) is 30.8 Å². The first kappa shape index (κ1) is 32.8. The largest absolute Gasteiger partial charge is 0.346 e. The van der Waals surface area contributed by atoms with E-state index in [-0.39, 0.29) is 34.6 Å². The van der Waals surface area contributed by atoms with Gasteiger partial charge in [0.2, 0.25) is 15.9 Å². The molecule has 17 heteroatoms. The number of nitrogens with one attached hydrogen (secondary N) is 2. The number of hydrogen-bond acceptors (Lipinski definition) is 6. The second-order valence-corrected chi connectivity index (χ2v) is 14.5. The second-order valence-electron chi connectivity index (χ2n) is 12.3. The summed E-state index contributed by atoms with van der Waals surface area (Å²) in [5.74, 6) is -8.01. The van der Waals surface area contributed by atoms with Gasteiger partial charge in [-0.05, 0) is 60.2 Å². The van der Waals surface area contributed by atoms with Crippen LogP contribution in [-0.2, 0) is 33.7 Å². The third-order valence-corrected chi connectivity index (χ3v) is 10.7. The molecule has 10 nitrogen and oxygen atoms in total. The van der Waals surface area contributed by atoms with Crippen molar-refractivity contribution in [1.82, 2.24) is 34.6 Å². The Morgan fingerprint density at radius 2 is 1.78 bits per heavy atom. The molecule has 2 aliphatic carbocycles. The van der Waals surface area contributed by atoms with E-state index in [1.165, 1.54) is 44.6 Å². The predicted molar refractivity (Wildman–Crippen MR) is 163 cm³/mol. The molecule has 0 spiro atoms. The number of hydrogen-bond donors (Lipinski definition) is 2. The van der Waals surface area contributed by atoms with Crippen molar-refractivity contribution < 1.29 is 39.6 Å². The number of sulfonamides is 1. The molecule has 3 heterocycles. The normalized spacial score (nSPS) is 18.6. The summed E-state index contributed by atoms with van der Waals surface area (Å²) < 4.78 is 114. The number of aromatic nitrogens is 5. The lowest BCUT2D eigenvalue weighted by Crippen LogP contribution is -2.35. The highest BCUT2D eigenvalue weighted by molar-refractivity contribution is 7.89. The standard InChI is InChI=1S/C32H27F6N7O3S/c1-44(2)49(47,48)19-5-3-16(4-6-19)20-12-23-25(13-39-42-23)41-28(20)24(9-15-7-17(33)10-18(34)8-15)40-26(46)14-45-30-27(29(43-45)31(35)36)21-11-22(21)32(30,37)38/h3-8,10,12-13,21-22,24,31H,9,11,14H2,1-2H3,(H,39,42)(H,40,46)/t21-,22+,24?/m0/s1. The van der Waals surface area contributed by atoms with Crippen molar-refractivity contribution in [3.8, 4) is 11.1 Å². The number of benzene rings is 2. The van der Waals surface area contributed by atoms with Crippen LogP contribution in [0.4, 0.5) is 26.3 Å². The lowest BCUT2D eigenvalue weighted by molar-refractivity contribution is -0.123. The molecule has 0 aliphatic heterocycles. The van der Waals surface area contributed by atoms with Gasteiger partial charge in [0.15, 0.2) is 0 Å². The van der Waals surface area contributed by atoms with Crippen LogP contribution in [0.2, 0.25) is 0 Å². The summed E-state index contributed by atoms with van der Waals surface area (Å²) in [5.41, 5.74) is 0.202. The van der Waals surface area contributed by atoms with Crippen LogP contribution in [-0.4, -0.2) is 57.7 Å². The van der Waals surface area contributed by atoms with Crippen LogP contribution in [0.5, 0.6) is 0 Å². The van der Waals surface area contributed by atoms with Crippen LogP contribution in [0.3, 0.4) is 0 Å². The molecule has 1 unspecified atom stereocenters. The number of rotatable bonds is 10. The van der Waals surface area contributed by atoms with E-state index >= 15 is 8.78 Å². The van der Waals surface area contributed by atoms with E-state index in [0.717, 1.165) is 16.4 Å². The minimum Gasteiger partial charge on any atom is -0.346 e. The van der Waals surface area contributed by atoms with Gasteiger partial charge in [-0.15, -0.1) is 0 Å². The van der Waals surface area contributed by atoms with Gasteiger partial charge in [-0.3, -0.25) is 14.6 Å². The van der Waals surface area contributed by atoms with Crippen LogP contribution in [0.1, 0.15) is 53.0 Å². The molecule has 2 aliphatic rings. The highest BCUT2D eigenvalue weighted by Crippen LogP contribution is 2.68. The molecular weight excluding hydrogens is 676 g/mol. The Bertz CT molecular complexity index is 2200. The summed E-state index contributed by atoms with van der Waals surface area (Å²) in [4.78, 5) is 18.3. The topological polar surface area (TPSA) is 126 Å². The van der Waals surface area contributed by atoms with Crippen molar-refractivity contribution >= 4 is 27.0 Å². The first-order valence-corrected chi connectivity index (χ1v) is 16.5. The summed E-state index contributed by atoms with van der Waals surface area (Å²) in [7, 11) is -1.01. The van der Waals surface area contributed by atoms with Crippen LogP contribution in [0, 0.1) is 17.6 Å². The number of aromatic amines is 1. The van der Waals surface area contributed by atoms with Gasteiger partial charge in [0, 0.05) is 37.2 Å². The average Bonchev–Trinajstić information content (AvgIpc) is 3.44. The van der Waals surface area contributed by atoms with Crippen molar-refractivity contribution in [2.75, 3.05) is 14.1 Å². The van der Waals surface area contributed by atoms with Gasteiger partial charge >= 0.3 is 0 Å². The molecule has 49 heavy (non-hydrogen) atoms. The Kier molecular flexibility index (Phi) is 7.81. The minimum atomic E-state index is -3.77. The highest BCUT2D eigenvalue weighted by atomic mass is 32.2. The number of halogens is 6. The second kappa shape index (κ2) is 11.7. The maximum Gasteiger partial charge on any atom is 0.293 e. The Balaban J connectivity index is 1.30. The fraction of sp³-hybridized carbons (Fsp3) is 0.312. The number of carbonyl (C=O) groups excluding carboxylic acids is 1. The summed E-state index contributed by atoms with van der Waals surface area (Å²) in [6.07, 6.45) is -1.91. The monoisotopic (exact) mass is 703 g/mol. The summed E-state index contributed by atoms with van der Waals surface area (Å²) >= 11 is 0. The third-order valence-electron chi connectivity index (χ3n) is 8.89. The van der Waals surface area contributed by atoms with Crippen molar-refractivity contribution in [1.29, 1.82) is 0 Å². The zero-order valence-electron chi connectivity index (χ0n) is 25.8. The van der Waals surface area contributed by atoms with Gasteiger partial charge in [-0.2, -0.15) is 19.0 Å². The zero-order chi connectivity index (χ0) is 35.0. The smallest absolute Gasteiger partial charge is 0.293 e. The first-order chi connectivity index (χ1) is 23.1. The number of fused-ring (bicyclic) bond motifs is 4. The molecule has 1 fully saturated rings. The van der Waals surface area contributed by atoms with Crippen LogP contribution in [0.25, 0.3) is 22.2 Å². The fourth-order valence-corrected chi connectivity index (χ4v) is 7.44. The number of nitrogens with zero attached hydrogens (tertiary/aromatic N) is 5. The molecule has 2 N–H and O–H groups in total. The molecule has 7 rings (SSSR count). The molecule has 1 amide bonds. The number of pyridine rings is 1. The molecule has 0 radical (unpaired) electrons. The first-order valence-electron chi connectivity index (χ1n) is 15.0. The molecule has 5 aromatic rings. The van der Waals surface area contributed by atoms with Crippen molar-refractivity contribution in [2.24, 2.45) is 5.92 Å². The maximum absolute atomic E-state index is 15.2. The van der Waals surface area contributed by atoms with E-state index in [2.05, 4.69) is 25.6 Å². The molecule has 0 saturated heterocycles. The fourth-order valence-electron chi connectivity index (χ4n) is 6.54. The Labute approximate surface area is 275 Å². The quantitative estimate of drug-likeness (QED) is 0.183. The van der Waals surface area contributed by atoms with Crippen molar-refractivity contribution in [3.63, 3.8) is 0 Å². The summed E-state index contributed by atoms with van der Waals surface area (Å²) in [6, 6.07) is 9.06. The molecule has 3 aromatic heterocycles. The van der Waals surface area contributed by atoms with Gasteiger partial charge in [-0.25, -0.2) is 35.3 Å². The highest BCUT2D eigenvalue weighted by Gasteiger charge is 2.67. The van der Waals surface area contributed by atoms with Gasteiger partial charge in [0.25, 0.3) is 12.3 Å². The van der Waals surface area contributed by atoms with Crippen molar-refractivity contribution in [2.45, 2.75) is 48.6 Å². The number of alkyl halides is 4. The lowest BCUT2D eigenvalue weighted by atomic mass is 9.95. The average molecular weight is 704 g/mol. The number of carbonyl (C=O) groups is 1. The van der Waals surface area contributed by atoms with Crippen LogP contribution >= 0.6 is 0 Å². The molecule has 2 aromatic carbocycles. The summed E-state index contributed by atoms with van der Waals surface area (Å²) in [5, 5.41) is 13.2. The number of amides is 1. The van der Waals surface area contributed by atoms with E-state index < -0.39 is 75.7 Å². The number of H-pyrrole nitrogens is 1. The lowest BCUT2D eigenvalue weighted by Gasteiger charge is -2.23. The van der Waals surface area contributed by atoms with Gasteiger partial charge in [0.1, 0.15) is 35.1 Å². The van der Waals surface area contributed by atoms with Gasteiger partial charge in [-0.1, -0.05) is 12.1 Å². The minimum absolute atomic E-state index is 0.00262. The van der Waals surface area contributed by atoms with Gasteiger partial charge in [0.05, 0.1) is 28.3 Å². The van der Waals surface area contributed by atoms with Crippen LogP contribution in [0.15, 0.2) is 59.6 Å². The SMILES string of the molecule is CN(C)S(=O)(=O)c1ccc(-c2cc3[nH]ncc3nc2C(Cc2cc(F)cc(F)c2)NC(=O)Cn2nc(C(F)F)c3c2C(F)(F)[C@@H]2C[C@H]32)cc1. The maximum atomic E-state index is 15.2. The molecule has 256 valence electrons. The van der Waals surface area contributed by atoms with E-state index in [1.807, 2.05) is 0 Å². The van der Waals surface area contributed by atoms with Crippen molar-refractivity contribution in [3.05, 3.63) is 94.6 Å². The predicted octanol–water partition coefficient (Wildman–Crippen LogP) is 5.60. The summed E-state index contributed by atoms with van der Waals surface area (Å²) in [6.45, 7) is -0.849. The van der Waals surface area contributed by atoms with Gasteiger partial charge < -0.3 is 5.32 Å². The molecule has 0 bridgehead atoms. The Morgan fingerprint density at radius 1 is 1.08 bits per heavy atom. The molecular formula is C32H27F6N7O3S. The molecule has 1 saturated carbocycles. The molecule has 3 atom stereocenters. The zero-order valence-corrected chi connectivity index (χ0v) is 26.6. The Hall–Kier alpha value is -4.77. The Morgan fingerprint density at radius 3 is 2.43 bits per heavy atom. The third kappa shape index (κ3) is 5.73. The van der Waals surface area contributed by atoms with E-state index in [0.29, 0.717) is 32.9 Å². The van der Waals surface area contributed by atoms with Crippen LogP contribution < -0.4 is 5.32 Å². The van der Waals surface area contributed by atoms with E-state index in [4.69, 9.17) is 0 Å².